The molecule has 4 rings (SSSR count). The standard InChI is InChI=1S/C15H21N5/c1-11-3-2-10-19(11)15-12-4-7-16-8-5-13(12)18-14-6-9-17-20(14)15/h6,9,11,16H,2-5,7-8,10H2,1H3/t11-/m0/s1. The molecule has 0 radical (unpaired) electrons. The lowest BCUT2D eigenvalue weighted by atomic mass is 10.1. The van der Waals surface area contributed by atoms with E-state index in [0.29, 0.717) is 6.04 Å². The summed E-state index contributed by atoms with van der Waals surface area (Å²) in [6.45, 7) is 5.53. The van der Waals surface area contributed by atoms with Gasteiger partial charge in [0.2, 0.25) is 0 Å². The fraction of sp³-hybridized carbons (Fsp3) is 0.600. The van der Waals surface area contributed by atoms with Gasteiger partial charge in [-0.05, 0) is 32.7 Å². The molecule has 2 aliphatic rings. The van der Waals surface area contributed by atoms with Crippen molar-refractivity contribution >= 4 is 11.5 Å². The second-order valence-corrected chi connectivity index (χ2v) is 5.90. The van der Waals surface area contributed by atoms with Crippen LogP contribution in [-0.4, -0.2) is 40.3 Å². The molecule has 0 aromatic carbocycles. The zero-order chi connectivity index (χ0) is 13.5. The van der Waals surface area contributed by atoms with E-state index in [-0.39, 0.29) is 0 Å². The number of fused-ring (bicyclic) bond motifs is 2. The number of rotatable bonds is 1. The molecule has 0 amide bonds. The average Bonchev–Trinajstić information content (AvgIpc) is 3.00. The molecule has 106 valence electrons. The molecule has 1 saturated heterocycles. The molecule has 2 aromatic rings. The normalized spacial score (nSPS) is 23.1. The van der Waals surface area contributed by atoms with E-state index in [1.165, 1.54) is 29.9 Å². The molecule has 4 heterocycles. The fourth-order valence-corrected chi connectivity index (χ4v) is 3.56. The summed E-state index contributed by atoms with van der Waals surface area (Å²) in [6, 6.07) is 2.62. The fourth-order valence-electron chi connectivity index (χ4n) is 3.56. The predicted molar refractivity (Wildman–Crippen MR) is 79.3 cm³/mol. The quantitative estimate of drug-likeness (QED) is 0.852. The van der Waals surface area contributed by atoms with Gasteiger partial charge < -0.3 is 10.2 Å². The number of anilines is 1. The van der Waals surface area contributed by atoms with Crippen LogP contribution in [0.3, 0.4) is 0 Å². The summed E-state index contributed by atoms with van der Waals surface area (Å²) < 4.78 is 2.05. The number of hydrogen-bond donors (Lipinski definition) is 1. The summed E-state index contributed by atoms with van der Waals surface area (Å²) in [5.41, 5.74) is 3.65. The predicted octanol–water partition coefficient (Wildman–Crippen LogP) is 1.41. The van der Waals surface area contributed by atoms with Crippen molar-refractivity contribution in [3.8, 4) is 0 Å². The Morgan fingerprint density at radius 3 is 3.05 bits per heavy atom. The summed E-state index contributed by atoms with van der Waals surface area (Å²) in [5, 5.41) is 8.01. The van der Waals surface area contributed by atoms with E-state index in [4.69, 9.17) is 4.98 Å². The summed E-state index contributed by atoms with van der Waals surface area (Å²) in [6.07, 6.45) is 6.49. The van der Waals surface area contributed by atoms with Gasteiger partial charge in [0.1, 0.15) is 5.82 Å². The maximum absolute atomic E-state index is 4.83. The molecule has 20 heavy (non-hydrogen) atoms. The van der Waals surface area contributed by atoms with E-state index in [2.05, 4.69) is 22.2 Å². The summed E-state index contributed by atoms with van der Waals surface area (Å²) in [5.74, 6) is 1.30. The zero-order valence-corrected chi connectivity index (χ0v) is 12.0. The van der Waals surface area contributed by atoms with Gasteiger partial charge in [-0.25, -0.2) is 4.98 Å². The summed E-state index contributed by atoms with van der Waals surface area (Å²) in [4.78, 5) is 7.36. The first-order chi connectivity index (χ1) is 9.84. The smallest absolute Gasteiger partial charge is 0.157 e. The highest BCUT2D eigenvalue weighted by Crippen LogP contribution is 2.31. The van der Waals surface area contributed by atoms with E-state index in [1.807, 2.05) is 16.8 Å². The molecule has 0 bridgehead atoms. The van der Waals surface area contributed by atoms with Crippen LogP contribution >= 0.6 is 0 Å². The minimum Gasteiger partial charge on any atom is -0.354 e. The highest BCUT2D eigenvalue weighted by atomic mass is 15.4. The highest BCUT2D eigenvalue weighted by Gasteiger charge is 2.27. The van der Waals surface area contributed by atoms with Gasteiger partial charge in [0.15, 0.2) is 5.65 Å². The van der Waals surface area contributed by atoms with Crippen LogP contribution in [-0.2, 0) is 12.8 Å². The van der Waals surface area contributed by atoms with Crippen molar-refractivity contribution in [1.82, 2.24) is 19.9 Å². The molecule has 0 unspecified atom stereocenters. The molecule has 0 spiro atoms. The number of hydrogen-bond acceptors (Lipinski definition) is 4. The van der Waals surface area contributed by atoms with E-state index in [0.717, 1.165) is 38.1 Å². The van der Waals surface area contributed by atoms with Gasteiger partial charge in [-0.3, -0.25) is 0 Å². The topological polar surface area (TPSA) is 45.5 Å². The lowest BCUT2D eigenvalue weighted by Crippen LogP contribution is -2.30. The van der Waals surface area contributed by atoms with Gasteiger partial charge in [0, 0.05) is 37.2 Å². The van der Waals surface area contributed by atoms with Gasteiger partial charge in [0.05, 0.1) is 11.9 Å². The number of nitrogens with one attached hydrogen (secondary N) is 1. The van der Waals surface area contributed by atoms with Crippen molar-refractivity contribution in [2.24, 2.45) is 0 Å². The largest absolute Gasteiger partial charge is 0.354 e. The van der Waals surface area contributed by atoms with E-state index < -0.39 is 0 Å². The van der Waals surface area contributed by atoms with E-state index in [9.17, 15) is 0 Å². The van der Waals surface area contributed by atoms with E-state index in [1.54, 1.807) is 0 Å². The maximum Gasteiger partial charge on any atom is 0.157 e. The number of aromatic nitrogens is 3. The van der Waals surface area contributed by atoms with Crippen molar-refractivity contribution in [3.63, 3.8) is 0 Å². The first-order valence-electron chi connectivity index (χ1n) is 7.67. The van der Waals surface area contributed by atoms with Gasteiger partial charge in [0.25, 0.3) is 0 Å². The van der Waals surface area contributed by atoms with Crippen molar-refractivity contribution < 1.29 is 0 Å². The van der Waals surface area contributed by atoms with Gasteiger partial charge in [-0.2, -0.15) is 9.61 Å². The molecular formula is C15H21N5. The van der Waals surface area contributed by atoms with Crippen molar-refractivity contribution in [2.45, 2.75) is 38.6 Å². The van der Waals surface area contributed by atoms with Crippen LogP contribution in [0.15, 0.2) is 12.3 Å². The van der Waals surface area contributed by atoms with Gasteiger partial charge in [-0.15, -0.1) is 0 Å². The minimum atomic E-state index is 0.602. The molecule has 1 atom stereocenters. The van der Waals surface area contributed by atoms with Crippen LogP contribution in [0.4, 0.5) is 5.82 Å². The van der Waals surface area contributed by atoms with Crippen LogP contribution in [0.1, 0.15) is 31.0 Å². The molecule has 2 aliphatic heterocycles. The van der Waals surface area contributed by atoms with Crippen LogP contribution in [0, 0.1) is 0 Å². The second-order valence-electron chi connectivity index (χ2n) is 5.90. The Labute approximate surface area is 119 Å². The Morgan fingerprint density at radius 1 is 1.30 bits per heavy atom. The Balaban J connectivity index is 1.95. The van der Waals surface area contributed by atoms with Crippen LogP contribution in [0.5, 0.6) is 0 Å². The SMILES string of the molecule is C[C@H]1CCCN1c1c2c(nc3ccnn13)CCNCC2. The molecule has 1 fully saturated rings. The first-order valence-corrected chi connectivity index (χ1v) is 7.67. The number of nitrogens with zero attached hydrogens (tertiary/aromatic N) is 4. The molecule has 5 nitrogen and oxygen atoms in total. The van der Waals surface area contributed by atoms with Crippen molar-refractivity contribution in [2.75, 3.05) is 24.5 Å². The molecule has 0 aliphatic carbocycles. The third-order valence-corrected chi connectivity index (χ3v) is 4.61. The highest BCUT2D eigenvalue weighted by molar-refractivity contribution is 5.58. The Bertz CT molecular complexity index is 632. The van der Waals surface area contributed by atoms with Gasteiger partial charge in [-0.1, -0.05) is 0 Å². The summed E-state index contributed by atoms with van der Waals surface area (Å²) in [7, 11) is 0. The summed E-state index contributed by atoms with van der Waals surface area (Å²) >= 11 is 0. The zero-order valence-electron chi connectivity index (χ0n) is 12.0. The van der Waals surface area contributed by atoms with Crippen LogP contribution in [0.2, 0.25) is 0 Å². The lowest BCUT2D eigenvalue weighted by Gasteiger charge is -2.27. The molecular weight excluding hydrogens is 250 g/mol. The molecule has 2 aromatic heterocycles. The molecule has 0 saturated carbocycles. The van der Waals surface area contributed by atoms with Gasteiger partial charge >= 0.3 is 0 Å². The monoisotopic (exact) mass is 271 g/mol. The lowest BCUT2D eigenvalue weighted by molar-refractivity contribution is 0.697. The second kappa shape index (κ2) is 4.74. The maximum atomic E-state index is 4.83. The molecule has 1 N–H and O–H groups in total. The Morgan fingerprint density at radius 2 is 2.20 bits per heavy atom. The minimum absolute atomic E-state index is 0.602. The first kappa shape index (κ1) is 12.1. The van der Waals surface area contributed by atoms with Crippen molar-refractivity contribution in [3.05, 3.63) is 23.5 Å². The average molecular weight is 271 g/mol. The van der Waals surface area contributed by atoms with Crippen LogP contribution in [0.25, 0.3) is 5.65 Å². The Kier molecular flexibility index (Phi) is 2.88. The third kappa shape index (κ3) is 1.80. The third-order valence-electron chi connectivity index (χ3n) is 4.61. The Hall–Kier alpha value is -1.62. The van der Waals surface area contributed by atoms with Crippen LogP contribution < -0.4 is 10.2 Å². The van der Waals surface area contributed by atoms with Crippen molar-refractivity contribution in [1.29, 1.82) is 0 Å². The van der Waals surface area contributed by atoms with E-state index >= 15 is 0 Å². The molecule has 5 heteroatoms.